The number of hydrogen-bond acceptors (Lipinski definition) is 2. The molecule has 3 aromatic carbocycles. The van der Waals surface area contributed by atoms with Crippen LogP contribution in [0.5, 0.6) is 0 Å². The summed E-state index contributed by atoms with van der Waals surface area (Å²) in [6.45, 7) is 11.1. The second-order valence-corrected chi connectivity index (χ2v) is 9.66. The fourth-order valence-electron chi connectivity index (χ4n) is 3.33. The van der Waals surface area contributed by atoms with E-state index in [1.54, 1.807) is 0 Å². The number of hydrogen-bond donors (Lipinski definition) is 1. The van der Waals surface area contributed by atoms with Gasteiger partial charge in [0.05, 0.1) is 0 Å². The van der Waals surface area contributed by atoms with Crippen LogP contribution in [0.25, 0.3) is 21.9 Å². The summed E-state index contributed by atoms with van der Waals surface area (Å²) in [5.41, 5.74) is 5.60. The molecule has 3 aromatic rings. The number of nitrogens with one attached hydrogen (secondary N) is 1. The molecule has 27 heavy (non-hydrogen) atoms. The SMILES string of the molecule is Cc1cc(C)cc(-c2c(C(=N)OCC(C)(C)C)c([Te])cc3ccccc23)c1. The zero-order valence-corrected chi connectivity index (χ0v) is 19.0. The fourth-order valence-corrected chi connectivity index (χ4v) is 4.25. The molecule has 0 spiro atoms. The summed E-state index contributed by atoms with van der Waals surface area (Å²) in [5, 5.41) is 11.1. The summed E-state index contributed by atoms with van der Waals surface area (Å²) in [5.74, 6) is 0.255. The molecule has 0 heterocycles. The van der Waals surface area contributed by atoms with Crippen molar-refractivity contribution in [1.29, 1.82) is 5.41 Å². The van der Waals surface area contributed by atoms with Gasteiger partial charge in [-0.3, -0.25) is 0 Å². The first-order valence-electron chi connectivity index (χ1n) is 9.19. The molecule has 139 valence electrons. The number of aryl methyl sites for hydroxylation is 2. The molecule has 0 atom stereocenters. The van der Waals surface area contributed by atoms with Gasteiger partial charge in [-0.1, -0.05) is 0 Å². The average molecular weight is 472 g/mol. The first kappa shape index (κ1) is 19.9. The van der Waals surface area contributed by atoms with Crippen molar-refractivity contribution in [3.63, 3.8) is 0 Å². The van der Waals surface area contributed by atoms with Crippen molar-refractivity contribution in [3.8, 4) is 11.1 Å². The van der Waals surface area contributed by atoms with Gasteiger partial charge in [0.2, 0.25) is 0 Å². The molecule has 0 aliphatic rings. The molecule has 3 heteroatoms. The van der Waals surface area contributed by atoms with E-state index in [0.29, 0.717) is 6.61 Å². The van der Waals surface area contributed by atoms with Gasteiger partial charge >= 0.3 is 176 Å². The van der Waals surface area contributed by atoms with Crippen molar-refractivity contribution >= 4 is 42.6 Å². The molecule has 0 fully saturated rings. The molecule has 0 aliphatic heterocycles. The van der Waals surface area contributed by atoms with E-state index in [9.17, 15) is 0 Å². The van der Waals surface area contributed by atoms with E-state index < -0.39 is 0 Å². The van der Waals surface area contributed by atoms with Gasteiger partial charge in [-0.25, -0.2) is 0 Å². The van der Waals surface area contributed by atoms with Crippen molar-refractivity contribution in [1.82, 2.24) is 0 Å². The van der Waals surface area contributed by atoms with E-state index in [1.165, 1.54) is 16.5 Å². The Labute approximate surface area is 175 Å². The molecule has 0 aliphatic carbocycles. The van der Waals surface area contributed by atoms with Crippen molar-refractivity contribution in [3.05, 3.63) is 65.2 Å². The quantitative estimate of drug-likeness (QED) is 0.313. The van der Waals surface area contributed by atoms with Gasteiger partial charge in [-0.2, -0.15) is 0 Å². The van der Waals surface area contributed by atoms with Gasteiger partial charge in [0.15, 0.2) is 0 Å². The van der Waals surface area contributed by atoms with E-state index in [0.717, 1.165) is 25.7 Å². The Morgan fingerprint density at radius 3 is 2.26 bits per heavy atom. The Morgan fingerprint density at radius 1 is 1.00 bits per heavy atom. The zero-order valence-electron chi connectivity index (χ0n) is 16.6. The molecule has 0 amide bonds. The molecule has 1 radical (unpaired) electrons. The normalized spacial score (nSPS) is 11.6. The third-order valence-electron chi connectivity index (χ3n) is 4.40. The molecule has 2 nitrogen and oxygen atoms in total. The third-order valence-corrected chi connectivity index (χ3v) is 5.32. The second kappa shape index (κ2) is 7.66. The Balaban J connectivity index is 2.26. The fraction of sp³-hybridized carbons (Fsp3) is 0.292. The van der Waals surface area contributed by atoms with Crippen LogP contribution in [0, 0.1) is 24.7 Å². The molecule has 0 unspecified atom stereocenters. The molecular formula is C24H26NOTe. The summed E-state index contributed by atoms with van der Waals surface area (Å²) in [6, 6.07) is 17.2. The molecule has 0 aromatic heterocycles. The average Bonchev–Trinajstić information content (AvgIpc) is 2.57. The number of ether oxygens (including phenoxy) is 1. The summed E-state index contributed by atoms with van der Waals surface area (Å²) < 4.78 is 7.01. The van der Waals surface area contributed by atoms with Crippen molar-refractivity contribution < 1.29 is 4.74 Å². The van der Waals surface area contributed by atoms with Gasteiger partial charge in [0.25, 0.3) is 0 Å². The Hall–Kier alpha value is -1.82. The monoisotopic (exact) mass is 474 g/mol. The van der Waals surface area contributed by atoms with Crippen LogP contribution in [0.4, 0.5) is 0 Å². The van der Waals surface area contributed by atoms with Crippen molar-refractivity contribution in [2.45, 2.75) is 34.6 Å². The molecule has 1 N–H and O–H groups in total. The van der Waals surface area contributed by atoms with Gasteiger partial charge in [-0.15, -0.1) is 0 Å². The van der Waals surface area contributed by atoms with E-state index >= 15 is 0 Å². The van der Waals surface area contributed by atoms with Crippen molar-refractivity contribution in [2.75, 3.05) is 6.61 Å². The van der Waals surface area contributed by atoms with Crippen LogP contribution in [0.15, 0.2) is 48.5 Å². The maximum absolute atomic E-state index is 8.70. The van der Waals surface area contributed by atoms with Crippen LogP contribution < -0.4 is 3.61 Å². The molecule has 0 bridgehead atoms. The van der Waals surface area contributed by atoms with Crippen LogP contribution >= 0.6 is 0 Å². The molecule has 0 saturated carbocycles. The molecular weight excluding hydrogens is 446 g/mol. The second-order valence-electron chi connectivity index (χ2n) is 8.40. The van der Waals surface area contributed by atoms with Gasteiger partial charge in [-0.05, 0) is 0 Å². The summed E-state index contributed by atoms with van der Waals surface area (Å²) in [6.07, 6.45) is 0. The minimum absolute atomic E-state index is 0.0119. The predicted octanol–water partition coefficient (Wildman–Crippen LogP) is 5.31. The molecule has 3 rings (SSSR count). The minimum atomic E-state index is 0.0119. The predicted molar refractivity (Wildman–Crippen MR) is 116 cm³/mol. The maximum atomic E-state index is 8.70. The van der Waals surface area contributed by atoms with Gasteiger partial charge < -0.3 is 0 Å². The summed E-state index contributed by atoms with van der Waals surface area (Å²) in [7, 11) is 0. The zero-order chi connectivity index (χ0) is 19.8. The first-order chi connectivity index (χ1) is 12.7. The topological polar surface area (TPSA) is 33.1 Å². The van der Waals surface area contributed by atoms with Crippen LogP contribution in [0.2, 0.25) is 0 Å². The first-order valence-corrected chi connectivity index (χ1v) is 10.4. The Kier molecular flexibility index (Phi) is 5.65. The Morgan fingerprint density at radius 2 is 1.63 bits per heavy atom. The molecule has 0 saturated heterocycles. The number of fused-ring (bicyclic) bond motifs is 1. The van der Waals surface area contributed by atoms with E-state index in [4.69, 9.17) is 10.1 Å². The van der Waals surface area contributed by atoms with E-state index in [2.05, 4.69) is 83.1 Å². The van der Waals surface area contributed by atoms with Crippen LogP contribution in [0.3, 0.4) is 0 Å². The number of benzene rings is 3. The van der Waals surface area contributed by atoms with Crippen LogP contribution in [-0.4, -0.2) is 34.8 Å². The van der Waals surface area contributed by atoms with Crippen molar-refractivity contribution in [2.24, 2.45) is 5.41 Å². The summed E-state index contributed by atoms with van der Waals surface area (Å²) >= 11 is 1.99. The van der Waals surface area contributed by atoms with E-state index in [-0.39, 0.29) is 11.3 Å². The third kappa shape index (κ3) is 4.54. The van der Waals surface area contributed by atoms with Crippen LogP contribution in [0.1, 0.15) is 37.5 Å². The van der Waals surface area contributed by atoms with Gasteiger partial charge in [0.1, 0.15) is 0 Å². The van der Waals surface area contributed by atoms with E-state index in [1.807, 2.05) is 22.3 Å². The Bertz CT molecular complexity index is 995. The van der Waals surface area contributed by atoms with Gasteiger partial charge in [0, 0.05) is 0 Å². The van der Waals surface area contributed by atoms with Crippen LogP contribution in [-0.2, 0) is 4.74 Å². The number of rotatable bonds is 3. The standard InChI is InChI=1S/C24H26NOTe/c1-15-10-16(2)12-18(11-15)21-19-9-7-6-8-17(19)13-20(27)22(21)23(25)26-14-24(3,4)5/h6-13,25H,14H2,1-5H3. The summed E-state index contributed by atoms with van der Waals surface area (Å²) in [4.78, 5) is 0.